The summed E-state index contributed by atoms with van der Waals surface area (Å²) in [5.74, 6) is -1.26. The first-order valence-electron chi connectivity index (χ1n) is 5.42. The van der Waals surface area contributed by atoms with Gasteiger partial charge in [-0.3, -0.25) is 4.79 Å². The molecular formula is C12H12BrF4NO. The molecule has 0 aliphatic heterocycles. The summed E-state index contributed by atoms with van der Waals surface area (Å²) in [6, 6.07) is 3.50. The minimum absolute atomic E-state index is 0.0455. The van der Waals surface area contributed by atoms with Crippen LogP contribution < -0.4 is 0 Å². The SMILES string of the molecule is Cc1cc(C(=O)N(CCBr)CC(F)(F)F)ccc1F. The van der Waals surface area contributed by atoms with Crippen molar-refractivity contribution in [3.63, 3.8) is 0 Å². The van der Waals surface area contributed by atoms with Crippen molar-refractivity contribution in [2.24, 2.45) is 0 Å². The molecule has 0 spiro atoms. The van der Waals surface area contributed by atoms with E-state index in [-0.39, 0.29) is 23.0 Å². The summed E-state index contributed by atoms with van der Waals surface area (Å²) in [5.41, 5.74) is 0.265. The van der Waals surface area contributed by atoms with Crippen LogP contribution >= 0.6 is 15.9 Å². The normalized spacial score (nSPS) is 11.5. The third-order valence-corrected chi connectivity index (χ3v) is 2.77. The number of alkyl halides is 4. The molecule has 0 aliphatic carbocycles. The Morgan fingerprint density at radius 3 is 2.47 bits per heavy atom. The monoisotopic (exact) mass is 341 g/mol. The Balaban J connectivity index is 2.95. The average molecular weight is 342 g/mol. The minimum Gasteiger partial charge on any atom is -0.329 e. The van der Waals surface area contributed by atoms with Crippen LogP contribution in [-0.2, 0) is 0 Å². The van der Waals surface area contributed by atoms with E-state index in [1.54, 1.807) is 0 Å². The number of rotatable bonds is 4. The molecule has 1 aromatic rings. The molecule has 0 fully saturated rings. The fourth-order valence-electron chi connectivity index (χ4n) is 1.53. The molecule has 1 aromatic carbocycles. The first-order chi connectivity index (χ1) is 8.74. The molecule has 0 bridgehead atoms. The predicted molar refractivity (Wildman–Crippen MR) is 66.9 cm³/mol. The first kappa shape index (κ1) is 15.9. The molecule has 0 saturated carbocycles. The van der Waals surface area contributed by atoms with E-state index in [2.05, 4.69) is 15.9 Å². The molecule has 2 nitrogen and oxygen atoms in total. The van der Waals surface area contributed by atoms with E-state index >= 15 is 0 Å². The van der Waals surface area contributed by atoms with Gasteiger partial charge in [-0.25, -0.2) is 4.39 Å². The summed E-state index contributed by atoms with van der Waals surface area (Å²) < 4.78 is 50.2. The van der Waals surface area contributed by atoms with E-state index in [0.29, 0.717) is 4.90 Å². The number of amides is 1. The van der Waals surface area contributed by atoms with Gasteiger partial charge in [-0.05, 0) is 30.7 Å². The van der Waals surface area contributed by atoms with Gasteiger partial charge >= 0.3 is 6.18 Å². The number of halogens is 5. The molecule has 0 radical (unpaired) electrons. The highest BCUT2D eigenvalue weighted by Gasteiger charge is 2.33. The number of aryl methyl sites for hydroxylation is 1. The number of carbonyl (C=O) groups excluding carboxylic acids is 1. The second kappa shape index (κ2) is 6.36. The Labute approximate surface area is 116 Å². The summed E-state index contributed by atoms with van der Waals surface area (Å²) in [5, 5.41) is 0.231. The van der Waals surface area contributed by atoms with Crippen LogP contribution in [-0.4, -0.2) is 35.4 Å². The van der Waals surface area contributed by atoms with Crippen molar-refractivity contribution >= 4 is 21.8 Å². The third-order valence-electron chi connectivity index (χ3n) is 2.42. The van der Waals surface area contributed by atoms with Crippen molar-refractivity contribution < 1.29 is 22.4 Å². The van der Waals surface area contributed by atoms with Crippen LogP contribution in [0.1, 0.15) is 15.9 Å². The number of hydrogen-bond acceptors (Lipinski definition) is 1. The standard InChI is InChI=1S/C12H12BrF4NO/c1-8-6-9(2-3-10(8)14)11(19)18(5-4-13)7-12(15,16)17/h2-3,6H,4-5,7H2,1H3. The highest BCUT2D eigenvalue weighted by Crippen LogP contribution is 2.19. The van der Waals surface area contributed by atoms with Crippen LogP contribution in [0.25, 0.3) is 0 Å². The van der Waals surface area contributed by atoms with Crippen LogP contribution in [0.2, 0.25) is 0 Å². The lowest BCUT2D eigenvalue weighted by atomic mass is 10.1. The summed E-state index contributed by atoms with van der Waals surface area (Å²) in [4.78, 5) is 12.6. The van der Waals surface area contributed by atoms with Crippen LogP contribution in [0, 0.1) is 12.7 Å². The molecule has 0 heterocycles. The molecule has 0 saturated heterocycles. The second-order valence-corrected chi connectivity index (χ2v) is 4.79. The lowest BCUT2D eigenvalue weighted by molar-refractivity contribution is -0.140. The van der Waals surface area contributed by atoms with Crippen LogP contribution in [0.5, 0.6) is 0 Å². The summed E-state index contributed by atoms with van der Waals surface area (Å²) >= 11 is 3.00. The van der Waals surface area contributed by atoms with Crippen molar-refractivity contribution in [1.82, 2.24) is 4.90 Å². The van der Waals surface area contributed by atoms with Crippen LogP contribution in [0.4, 0.5) is 17.6 Å². The summed E-state index contributed by atoms with van der Waals surface area (Å²) in [6.07, 6.45) is -4.47. The lowest BCUT2D eigenvalue weighted by Crippen LogP contribution is -2.40. The molecule has 7 heteroatoms. The van der Waals surface area contributed by atoms with Gasteiger partial charge in [-0.2, -0.15) is 13.2 Å². The van der Waals surface area contributed by atoms with Crippen molar-refractivity contribution in [1.29, 1.82) is 0 Å². The van der Waals surface area contributed by atoms with Crippen molar-refractivity contribution in [3.05, 3.63) is 35.1 Å². The molecule has 0 aromatic heterocycles. The van der Waals surface area contributed by atoms with Crippen LogP contribution in [0.15, 0.2) is 18.2 Å². The molecule has 0 atom stereocenters. The Morgan fingerprint density at radius 2 is 2.00 bits per heavy atom. The number of hydrogen-bond donors (Lipinski definition) is 0. The number of carbonyl (C=O) groups is 1. The van der Waals surface area contributed by atoms with E-state index in [4.69, 9.17) is 0 Å². The smallest absolute Gasteiger partial charge is 0.329 e. The van der Waals surface area contributed by atoms with Gasteiger partial charge in [0.2, 0.25) is 0 Å². The highest BCUT2D eigenvalue weighted by atomic mass is 79.9. The van der Waals surface area contributed by atoms with Gasteiger partial charge in [0.1, 0.15) is 12.4 Å². The molecule has 1 rings (SSSR count). The van der Waals surface area contributed by atoms with Gasteiger partial charge in [0.15, 0.2) is 0 Å². The van der Waals surface area contributed by atoms with Crippen molar-refractivity contribution in [2.75, 3.05) is 18.4 Å². The van der Waals surface area contributed by atoms with Gasteiger partial charge in [-0.15, -0.1) is 0 Å². The Bertz CT molecular complexity index is 462. The minimum atomic E-state index is -4.47. The number of nitrogens with zero attached hydrogens (tertiary/aromatic N) is 1. The third kappa shape index (κ3) is 4.81. The van der Waals surface area contributed by atoms with E-state index in [1.807, 2.05) is 0 Å². The van der Waals surface area contributed by atoms with E-state index < -0.39 is 24.4 Å². The van der Waals surface area contributed by atoms with Gasteiger partial charge in [0.05, 0.1) is 0 Å². The molecule has 0 aliphatic rings. The van der Waals surface area contributed by atoms with Gasteiger partial charge in [0, 0.05) is 17.4 Å². The largest absolute Gasteiger partial charge is 0.406 e. The van der Waals surface area contributed by atoms with Gasteiger partial charge in [-0.1, -0.05) is 15.9 Å². The quantitative estimate of drug-likeness (QED) is 0.606. The highest BCUT2D eigenvalue weighted by molar-refractivity contribution is 9.09. The average Bonchev–Trinajstić information content (AvgIpc) is 2.29. The Kier molecular flexibility index (Phi) is 5.34. The molecule has 0 unspecified atom stereocenters. The molecule has 106 valence electrons. The molecule has 19 heavy (non-hydrogen) atoms. The zero-order valence-corrected chi connectivity index (χ0v) is 11.7. The van der Waals surface area contributed by atoms with Gasteiger partial charge < -0.3 is 4.90 Å². The fourth-order valence-corrected chi connectivity index (χ4v) is 1.96. The molecule has 0 N–H and O–H groups in total. The number of benzene rings is 1. The summed E-state index contributed by atoms with van der Waals surface area (Å²) in [7, 11) is 0. The van der Waals surface area contributed by atoms with E-state index in [1.165, 1.54) is 19.1 Å². The maximum atomic E-state index is 13.1. The topological polar surface area (TPSA) is 20.3 Å². The van der Waals surface area contributed by atoms with Crippen molar-refractivity contribution in [2.45, 2.75) is 13.1 Å². The van der Waals surface area contributed by atoms with Crippen LogP contribution in [0.3, 0.4) is 0 Å². The van der Waals surface area contributed by atoms with E-state index in [0.717, 1.165) is 6.07 Å². The van der Waals surface area contributed by atoms with Crippen molar-refractivity contribution in [3.8, 4) is 0 Å². The second-order valence-electron chi connectivity index (χ2n) is 3.99. The maximum absolute atomic E-state index is 13.1. The lowest BCUT2D eigenvalue weighted by Gasteiger charge is -2.23. The zero-order chi connectivity index (χ0) is 14.6. The fraction of sp³-hybridized carbons (Fsp3) is 0.417. The zero-order valence-electron chi connectivity index (χ0n) is 10.1. The first-order valence-corrected chi connectivity index (χ1v) is 6.55. The Hall–Kier alpha value is -1.11. The predicted octanol–water partition coefficient (Wildman–Crippen LogP) is 3.53. The Morgan fingerprint density at radius 1 is 1.37 bits per heavy atom. The maximum Gasteiger partial charge on any atom is 0.406 e. The van der Waals surface area contributed by atoms with E-state index in [9.17, 15) is 22.4 Å². The molecular weight excluding hydrogens is 330 g/mol. The van der Waals surface area contributed by atoms with Gasteiger partial charge in [0.25, 0.3) is 5.91 Å². The molecule has 1 amide bonds. The summed E-state index contributed by atoms with van der Waals surface area (Å²) in [6.45, 7) is 0.0489.